The lowest BCUT2D eigenvalue weighted by Crippen LogP contribution is -2.72. The molecule has 3 amide bonds. The highest BCUT2D eigenvalue weighted by molar-refractivity contribution is 5.95. The summed E-state index contributed by atoms with van der Waals surface area (Å²) in [4.78, 5) is 59.5. The first kappa shape index (κ1) is 37.2. The molecular weight excluding hydrogens is 604 g/mol. The lowest BCUT2D eigenvalue weighted by Gasteiger charge is -2.57. The number of Topliss-reactive ketones (excluding diaryl/α,β-unsaturated/α-hetero) is 1. The molecule has 5 rings (SSSR count). The number of fused-ring (bicyclic) bond motifs is 2. The molecule has 10 heteroatoms. The Hall–Kier alpha value is -3.60. The molecule has 3 fully saturated rings. The summed E-state index contributed by atoms with van der Waals surface area (Å²) < 4.78 is 0. The molecule has 0 radical (unpaired) electrons. The van der Waals surface area contributed by atoms with Crippen LogP contribution in [0.15, 0.2) is 60.7 Å². The summed E-state index contributed by atoms with van der Waals surface area (Å²) in [5.41, 5.74) is 13.9. The van der Waals surface area contributed by atoms with Crippen LogP contribution in [0, 0.1) is 11.8 Å². The maximum Gasteiger partial charge on any atom is 0.245 e. The van der Waals surface area contributed by atoms with Crippen LogP contribution in [0.4, 0.5) is 0 Å². The highest BCUT2D eigenvalue weighted by Crippen LogP contribution is 2.33. The Morgan fingerprint density at radius 2 is 1.42 bits per heavy atom. The van der Waals surface area contributed by atoms with Gasteiger partial charge >= 0.3 is 0 Å². The van der Waals surface area contributed by atoms with Crippen molar-refractivity contribution in [3.8, 4) is 0 Å². The van der Waals surface area contributed by atoms with Gasteiger partial charge in [-0.15, -0.1) is 0 Å². The molecular formula is C38H56N6O4. The molecule has 3 saturated heterocycles. The van der Waals surface area contributed by atoms with Gasteiger partial charge in [-0.2, -0.15) is 0 Å². The van der Waals surface area contributed by atoms with E-state index in [4.69, 9.17) is 11.5 Å². The average Bonchev–Trinajstić information content (AvgIpc) is 3.07. The minimum Gasteiger partial charge on any atom is -0.345 e. The van der Waals surface area contributed by atoms with Crippen molar-refractivity contribution in [3.05, 3.63) is 71.8 Å². The van der Waals surface area contributed by atoms with E-state index in [0.29, 0.717) is 25.8 Å². The standard InChI is InChI=1S/C38H56N6O4/c1-4-43-24-30-23-31(25-43)44(30)38(48)33(17-11-12-18-39)41-36(46)29(19-26(2)3)22-35(45)34(21-28-15-9-6-10-16-28)42-37(47)32(40)20-27-13-7-5-8-14-27/h5-10,13-16,26,29-34H,4,11-12,17-25,39-40H2,1-3H3,(H,41,46)(H,42,47). The van der Waals surface area contributed by atoms with Gasteiger partial charge in [-0.25, -0.2) is 0 Å². The molecule has 0 aliphatic carbocycles. The maximum atomic E-state index is 14.0. The number of nitrogens with two attached hydrogens (primary N) is 2. The summed E-state index contributed by atoms with van der Waals surface area (Å²) in [5.74, 6) is -1.49. The van der Waals surface area contributed by atoms with Crippen LogP contribution >= 0.6 is 0 Å². The second kappa shape index (κ2) is 18.2. The molecule has 2 aromatic carbocycles. The SMILES string of the molecule is CCN1CC2CC(C1)N2C(=O)C(CCCCN)NC(=O)C(CC(=O)C(Cc1ccccc1)NC(=O)C(N)Cc1ccccc1)CC(C)C. The van der Waals surface area contributed by atoms with Crippen molar-refractivity contribution >= 4 is 23.5 Å². The van der Waals surface area contributed by atoms with Crippen LogP contribution in [0.3, 0.4) is 0 Å². The van der Waals surface area contributed by atoms with E-state index in [2.05, 4.69) is 22.5 Å². The number of piperidine rings is 1. The quantitative estimate of drug-likeness (QED) is 0.169. The Kier molecular flexibility index (Phi) is 14.1. The number of rotatable bonds is 19. The van der Waals surface area contributed by atoms with Gasteiger partial charge in [0.1, 0.15) is 6.04 Å². The molecule has 48 heavy (non-hydrogen) atoms. The van der Waals surface area contributed by atoms with Crippen LogP contribution in [0.5, 0.6) is 0 Å². The van der Waals surface area contributed by atoms with E-state index in [1.165, 1.54) is 0 Å². The van der Waals surface area contributed by atoms with Gasteiger partial charge in [0.2, 0.25) is 17.7 Å². The molecule has 3 heterocycles. The highest BCUT2D eigenvalue weighted by atomic mass is 16.2. The van der Waals surface area contributed by atoms with Gasteiger partial charge in [0.05, 0.1) is 12.1 Å². The van der Waals surface area contributed by atoms with Gasteiger partial charge in [0, 0.05) is 37.5 Å². The number of likely N-dealkylation sites (N-methyl/N-ethyl adjacent to an activating group) is 1. The zero-order valence-electron chi connectivity index (χ0n) is 29.0. The number of nitrogens with zero attached hydrogens (tertiary/aromatic N) is 2. The molecule has 0 saturated carbocycles. The average molecular weight is 661 g/mol. The van der Waals surface area contributed by atoms with Gasteiger partial charge in [-0.05, 0) is 75.1 Å². The summed E-state index contributed by atoms with van der Waals surface area (Å²) in [5, 5.41) is 6.00. The summed E-state index contributed by atoms with van der Waals surface area (Å²) in [7, 11) is 0. The molecule has 262 valence electrons. The topological polar surface area (TPSA) is 151 Å². The number of ketones is 1. The van der Waals surface area contributed by atoms with Crippen molar-refractivity contribution in [2.75, 3.05) is 26.2 Å². The Morgan fingerprint density at radius 1 is 0.833 bits per heavy atom. The van der Waals surface area contributed by atoms with Crippen molar-refractivity contribution in [1.29, 1.82) is 0 Å². The lowest BCUT2D eigenvalue weighted by atomic mass is 9.85. The molecule has 3 aliphatic heterocycles. The van der Waals surface area contributed by atoms with Gasteiger partial charge in [0.15, 0.2) is 5.78 Å². The normalized spacial score (nSPS) is 19.9. The van der Waals surface area contributed by atoms with E-state index < -0.39 is 30.0 Å². The third-order valence-corrected chi connectivity index (χ3v) is 9.73. The van der Waals surface area contributed by atoms with E-state index in [9.17, 15) is 19.2 Å². The molecule has 6 atom stereocenters. The molecule has 6 N–H and O–H groups in total. The second-order valence-electron chi connectivity index (χ2n) is 14.0. The number of carbonyl (C=O) groups is 4. The smallest absolute Gasteiger partial charge is 0.245 e. The number of carbonyl (C=O) groups excluding carboxylic acids is 4. The Balaban J connectivity index is 1.47. The molecule has 10 nitrogen and oxygen atoms in total. The van der Waals surface area contributed by atoms with Crippen LogP contribution in [0.2, 0.25) is 0 Å². The monoisotopic (exact) mass is 660 g/mol. The summed E-state index contributed by atoms with van der Waals surface area (Å²) in [6, 6.07) is 17.0. The first-order chi connectivity index (χ1) is 23.1. The highest BCUT2D eigenvalue weighted by Gasteiger charge is 2.48. The zero-order valence-corrected chi connectivity index (χ0v) is 29.0. The molecule has 0 spiro atoms. The van der Waals surface area contributed by atoms with Crippen molar-refractivity contribution in [3.63, 3.8) is 0 Å². The van der Waals surface area contributed by atoms with Gasteiger partial charge in [0.25, 0.3) is 0 Å². The number of hydrogen-bond donors (Lipinski definition) is 4. The van der Waals surface area contributed by atoms with Crippen LogP contribution in [0.1, 0.15) is 70.4 Å². The summed E-state index contributed by atoms with van der Waals surface area (Å²) in [6.45, 7) is 9.36. The summed E-state index contributed by atoms with van der Waals surface area (Å²) in [6.07, 6.45) is 4.03. The van der Waals surface area contributed by atoms with E-state index in [0.717, 1.165) is 50.0 Å². The number of piperazine rings is 1. The fraction of sp³-hybridized carbons (Fsp3) is 0.579. The Labute approximate surface area is 286 Å². The van der Waals surface area contributed by atoms with Crippen LogP contribution < -0.4 is 22.1 Å². The van der Waals surface area contributed by atoms with Crippen LogP contribution in [-0.2, 0) is 32.0 Å². The van der Waals surface area contributed by atoms with Crippen LogP contribution in [-0.4, -0.2) is 89.7 Å². The molecule has 2 bridgehead atoms. The predicted molar refractivity (Wildman–Crippen MR) is 189 cm³/mol. The van der Waals surface area contributed by atoms with E-state index in [-0.39, 0.29) is 48.4 Å². The molecule has 2 aromatic rings. The Bertz CT molecular complexity index is 1330. The van der Waals surface area contributed by atoms with Gasteiger partial charge < -0.3 is 27.0 Å². The van der Waals surface area contributed by atoms with Crippen molar-refractivity contribution < 1.29 is 19.2 Å². The fourth-order valence-electron chi connectivity index (χ4n) is 7.11. The number of unbranched alkanes of at least 4 members (excludes halogenated alkanes) is 1. The third kappa shape index (κ3) is 10.4. The largest absolute Gasteiger partial charge is 0.345 e. The molecule has 0 aromatic heterocycles. The van der Waals surface area contributed by atoms with E-state index in [1.54, 1.807) is 0 Å². The van der Waals surface area contributed by atoms with Crippen molar-refractivity contribution in [2.24, 2.45) is 23.3 Å². The maximum absolute atomic E-state index is 14.0. The first-order valence-electron chi connectivity index (χ1n) is 17.8. The number of benzene rings is 2. The van der Waals surface area contributed by atoms with Crippen molar-refractivity contribution in [1.82, 2.24) is 20.4 Å². The first-order valence-corrected chi connectivity index (χ1v) is 17.8. The predicted octanol–water partition coefficient (Wildman–Crippen LogP) is 2.82. The fourth-order valence-corrected chi connectivity index (χ4v) is 7.11. The van der Waals surface area contributed by atoms with E-state index >= 15 is 0 Å². The van der Waals surface area contributed by atoms with E-state index in [1.807, 2.05) is 79.4 Å². The van der Waals surface area contributed by atoms with Crippen LogP contribution in [0.25, 0.3) is 0 Å². The minimum atomic E-state index is -0.854. The zero-order chi connectivity index (χ0) is 34.6. The summed E-state index contributed by atoms with van der Waals surface area (Å²) >= 11 is 0. The van der Waals surface area contributed by atoms with Gasteiger partial charge in [-0.3, -0.25) is 24.1 Å². The molecule has 3 aliphatic rings. The third-order valence-electron chi connectivity index (χ3n) is 9.73. The minimum absolute atomic E-state index is 0.0337. The number of hydrogen-bond acceptors (Lipinski definition) is 7. The van der Waals surface area contributed by atoms with Crippen molar-refractivity contribution in [2.45, 2.75) is 102 Å². The lowest BCUT2D eigenvalue weighted by molar-refractivity contribution is -0.157. The number of amides is 3. The Morgan fingerprint density at radius 3 is 1.98 bits per heavy atom. The number of nitrogens with one attached hydrogen (secondary N) is 2. The second-order valence-corrected chi connectivity index (χ2v) is 14.0. The molecule has 6 unspecified atom stereocenters. The van der Waals surface area contributed by atoms with Gasteiger partial charge in [-0.1, -0.05) is 81.4 Å².